The predicted molar refractivity (Wildman–Crippen MR) is 215 cm³/mol. The van der Waals surface area contributed by atoms with Gasteiger partial charge in [-0.1, -0.05) is 83.4 Å². The van der Waals surface area contributed by atoms with E-state index in [2.05, 4.69) is 152 Å². The van der Waals surface area contributed by atoms with Gasteiger partial charge in [-0.15, -0.1) is 0 Å². The fourth-order valence-corrected chi connectivity index (χ4v) is 9.13. The van der Waals surface area contributed by atoms with Crippen LogP contribution >= 0.6 is 0 Å². The molecule has 4 heteroatoms. The first kappa shape index (κ1) is 34.3. The number of fused-ring (bicyclic) bond motifs is 2. The van der Waals surface area contributed by atoms with Gasteiger partial charge in [-0.3, -0.25) is 9.98 Å². The molecule has 2 aliphatic heterocycles. The Morgan fingerprint density at radius 3 is 1.40 bits per heavy atom. The summed E-state index contributed by atoms with van der Waals surface area (Å²) in [4.78, 5) is 14.8. The smallest absolute Gasteiger partial charge is 0.0659 e. The van der Waals surface area contributed by atoms with Gasteiger partial charge < -0.3 is 9.80 Å². The van der Waals surface area contributed by atoms with Gasteiger partial charge in [0, 0.05) is 66.2 Å². The Hall–Kier alpha value is -4.18. The Bertz CT molecular complexity index is 1850. The minimum atomic E-state index is 0.0147. The first-order valence-electron chi connectivity index (χ1n) is 18.8. The maximum Gasteiger partial charge on any atom is 0.0659 e. The molecule has 260 valence electrons. The minimum Gasteiger partial charge on any atom is -0.371 e. The summed E-state index contributed by atoms with van der Waals surface area (Å²) in [5.41, 5.74) is 15.4. The van der Waals surface area contributed by atoms with E-state index in [1.807, 2.05) is 12.4 Å². The Labute approximate surface area is 301 Å². The average Bonchev–Trinajstić information content (AvgIpc) is 3.39. The minimum absolute atomic E-state index is 0.0147. The van der Waals surface area contributed by atoms with Crippen molar-refractivity contribution in [1.82, 2.24) is 0 Å². The molecular formula is C46H56N4. The number of likely N-dealkylation sites (N-methyl/N-ethyl adjacent to an activating group) is 2. The van der Waals surface area contributed by atoms with Crippen LogP contribution in [-0.2, 0) is 16.2 Å². The highest BCUT2D eigenvalue weighted by Gasteiger charge is 2.41. The number of hydrogen-bond acceptors (Lipinski definition) is 4. The van der Waals surface area contributed by atoms with Crippen molar-refractivity contribution >= 4 is 35.2 Å². The van der Waals surface area contributed by atoms with Crippen LogP contribution in [0.4, 0.5) is 22.7 Å². The Balaban J connectivity index is 1.14. The van der Waals surface area contributed by atoms with Crippen molar-refractivity contribution in [2.75, 3.05) is 23.9 Å². The van der Waals surface area contributed by atoms with Crippen molar-refractivity contribution in [3.63, 3.8) is 0 Å². The summed E-state index contributed by atoms with van der Waals surface area (Å²) in [6, 6.07) is 28.5. The Morgan fingerprint density at radius 2 is 1.00 bits per heavy atom. The molecule has 4 aromatic carbocycles. The SMILES string of the molecule is Cc1cc(C2(c3ccc(N=Cc4ccc5c(c4)C(C)(C)[C@@H](C)N5C)c(C)c3)CCCCC2)ccc1N=Cc1ccc2c(c1)C(C)(C)[C@@H](C)N2C. The third-order valence-electron chi connectivity index (χ3n) is 13.4. The van der Waals surface area contributed by atoms with Crippen molar-refractivity contribution < 1.29 is 0 Å². The van der Waals surface area contributed by atoms with E-state index in [0.29, 0.717) is 12.1 Å². The average molecular weight is 665 g/mol. The molecule has 0 spiro atoms. The van der Waals surface area contributed by atoms with E-state index >= 15 is 0 Å². The molecule has 50 heavy (non-hydrogen) atoms. The second kappa shape index (κ2) is 12.5. The highest BCUT2D eigenvalue weighted by Crippen LogP contribution is 2.48. The van der Waals surface area contributed by atoms with Crippen LogP contribution in [0.1, 0.15) is 118 Å². The molecule has 0 saturated heterocycles. The molecule has 0 unspecified atom stereocenters. The van der Waals surface area contributed by atoms with Gasteiger partial charge in [0.25, 0.3) is 0 Å². The summed E-state index contributed by atoms with van der Waals surface area (Å²) in [7, 11) is 4.41. The van der Waals surface area contributed by atoms with Gasteiger partial charge in [0.05, 0.1) is 11.4 Å². The third-order valence-corrected chi connectivity index (χ3v) is 13.4. The standard InChI is InChI=1S/C46H56N4/c1-30-24-36(16-18-40(30)47-28-34-14-20-42-38(26-34)44(5,6)32(3)49(42)9)46(22-12-11-13-23-46)37-17-19-41(31(2)25-37)48-29-35-15-21-43-39(27-35)45(7,8)33(4)50(43)10/h14-21,24-29,32-33H,11-13,22-23H2,1-10H3/t32-,33-/m1/s1. The first-order valence-corrected chi connectivity index (χ1v) is 18.8. The molecule has 3 aliphatic rings. The van der Waals surface area contributed by atoms with Gasteiger partial charge in [0.2, 0.25) is 0 Å². The topological polar surface area (TPSA) is 31.2 Å². The molecule has 1 aliphatic carbocycles. The van der Waals surface area contributed by atoms with Gasteiger partial charge in [-0.25, -0.2) is 0 Å². The lowest BCUT2D eigenvalue weighted by molar-refractivity contribution is 0.346. The van der Waals surface area contributed by atoms with Crippen molar-refractivity contribution in [1.29, 1.82) is 0 Å². The summed E-state index contributed by atoms with van der Waals surface area (Å²) in [6.07, 6.45) is 10.2. The lowest BCUT2D eigenvalue weighted by atomic mass is 9.65. The van der Waals surface area contributed by atoms with E-state index in [1.165, 1.54) is 76.9 Å². The third kappa shape index (κ3) is 5.60. The van der Waals surface area contributed by atoms with E-state index < -0.39 is 0 Å². The maximum atomic E-state index is 5.02. The van der Waals surface area contributed by atoms with Gasteiger partial charge in [-0.05, 0) is 121 Å². The highest BCUT2D eigenvalue weighted by molar-refractivity contribution is 5.85. The molecule has 0 radical (unpaired) electrons. The van der Waals surface area contributed by atoms with Crippen molar-refractivity contribution in [2.45, 2.75) is 116 Å². The zero-order valence-corrected chi connectivity index (χ0v) is 32.1. The van der Waals surface area contributed by atoms with Crippen molar-refractivity contribution in [2.24, 2.45) is 9.98 Å². The van der Waals surface area contributed by atoms with Crippen LogP contribution in [-0.4, -0.2) is 38.6 Å². The number of aryl methyl sites for hydroxylation is 2. The van der Waals surface area contributed by atoms with Crippen molar-refractivity contribution in [3.05, 3.63) is 117 Å². The Kier molecular flexibility index (Phi) is 8.60. The lowest BCUT2D eigenvalue weighted by Crippen LogP contribution is -2.36. The second-order valence-electron chi connectivity index (χ2n) is 16.7. The normalized spacial score (nSPS) is 22.0. The molecule has 2 atom stereocenters. The number of aliphatic imine (C=N–C) groups is 2. The van der Waals surface area contributed by atoms with Gasteiger partial charge in [0.15, 0.2) is 0 Å². The summed E-state index contributed by atoms with van der Waals surface area (Å²) in [5.74, 6) is 0. The zero-order valence-electron chi connectivity index (χ0n) is 32.1. The van der Waals surface area contributed by atoms with E-state index in [9.17, 15) is 0 Å². The number of rotatable bonds is 6. The van der Waals surface area contributed by atoms with E-state index in [0.717, 1.165) is 22.5 Å². The van der Waals surface area contributed by atoms with E-state index in [1.54, 1.807) is 0 Å². The highest BCUT2D eigenvalue weighted by atomic mass is 15.2. The molecule has 4 nitrogen and oxygen atoms in total. The lowest BCUT2D eigenvalue weighted by Gasteiger charge is -2.39. The number of nitrogens with zero attached hydrogens (tertiary/aromatic N) is 4. The quantitative estimate of drug-likeness (QED) is 0.192. The van der Waals surface area contributed by atoms with Crippen molar-refractivity contribution in [3.8, 4) is 0 Å². The largest absolute Gasteiger partial charge is 0.371 e. The zero-order chi connectivity index (χ0) is 35.6. The van der Waals surface area contributed by atoms with Gasteiger partial charge >= 0.3 is 0 Å². The molecule has 0 bridgehead atoms. The summed E-state index contributed by atoms with van der Waals surface area (Å²) >= 11 is 0. The monoisotopic (exact) mass is 664 g/mol. The van der Waals surface area contributed by atoms with E-state index in [-0.39, 0.29) is 16.2 Å². The predicted octanol–water partition coefficient (Wildman–Crippen LogP) is 11.3. The van der Waals surface area contributed by atoms with Crippen LogP contribution in [0.15, 0.2) is 82.8 Å². The number of benzene rings is 4. The second-order valence-corrected chi connectivity index (χ2v) is 16.7. The maximum absolute atomic E-state index is 5.02. The molecule has 0 aromatic heterocycles. The van der Waals surface area contributed by atoms with Gasteiger partial charge in [-0.2, -0.15) is 0 Å². The number of hydrogen-bond donors (Lipinski definition) is 0. The van der Waals surface area contributed by atoms with Crippen LogP contribution in [0.3, 0.4) is 0 Å². The fourth-order valence-electron chi connectivity index (χ4n) is 9.13. The van der Waals surface area contributed by atoms with Crippen LogP contribution in [0.2, 0.25) is 0 Å². The molecule has 7 rings (SSSR count). The van der Waals surface area contributed by atoms with Crippen LogP contribution in [0.5, 0.6) is 0 Å². The molecule has 4 aromatic rings. The fraction of sp³-hybridized carbons (Fsp3) is 0.435. The Morgan fingerprint density at radius 1 is 0.580 bits per heavy atom. The molecule has 2 heterocycles. The van der Waals surface area contributed by atoms with Crippen LogP contribution in [0.25, 0.3) is 0 Å². The van der Waals surface area contributed by atoms with Crippen LogP contribution in [0, 0.1) is 13.8 Å². The summed E-state index contributed by atoms with van der Waals surface area (Å²) < 4.78 is 0. The summed E-state index contributed by atoms with van der Waals surface area (Å²) in [5, 5.41) is 0. The molecule has 0 N–H and O–H groups in total. The molecular weight excluding hydrogens is 609 g/mol. The van der Waals surface area contributed by atoms with Crippen LogP contribution < -0.4 is 9.80 Å². The first-order chi connectivity index (χ1) is 23.7. The molecule has 1 saturated carbocycles. The molecule has 1 fully saturated rings. The molecule has 0 amide bonds. The summed E-state index contributed by atoms with van der Waals surface area (Å²) in [6.45, 7) is 18.5. The van der Waals surface area contributed by atoms with Gasteiger partial charge in [0.1, 0.15) is 0 Å². The van der Waals surface area contributed by atoms with E-state index in [4.69, 9.17) is 9.98 Å². The number of anilines is 2.